The average molecular weight is 433 g/mol. The summed E-state index contributed by atoms with van der Waals surface area (Å²) < 4.78 is 1.66. The van der Waals surface area contributed by atoms with Crippen LogP contribution in [0.15, 0.2) is 23.0 Å². The Morgan fingerprint density at radius 3 is 2.60 bits per heavy atom. The van der Waals surface area contributed by atoms with Crippen molar-refractivity contribution in [1.29, 1.82) is 0 Å². The Balaban J connectivity index is 1.97. The molecule has 1 aliphatic carbocycles. The Labute approximate surface area is 183 Å². The molecule has 0 radical (unpaired) electrons. The number of rotatable bonds is 6. The molecule has 1 saturated carbocycles. The van der Waals surface area contributed by atoms with Crippen molar-refractivity contribution in [2.75, 3.05) is 6.54 Å². The number of amides is 2. The van der Waals surface area contributed by atoms with Crippen LogP contribution < -0.4 is 10.9 Å². The molecule has 1 fully saturated rings. The maximum atomic E-state index is 13.2. The maximum absolute atomic E-state index is 13.2. The van der Waals surface area contributed by atoms with E-state index >= 15 is 0 Å². The van der Waals surface area contributed by atoms with Crippen LogP contribution in [0.2, 0.25) is 5.02 Å². The number of nitrogens with one attached hydrogen (secondary N) is 1. The molecule has 0 bridgehead atoms. The molecule has 3 rings (SSSR count). The van der Waals surface area contributed by atoms with Crippen LogP contribution in [0.3, 0.4) is 0 Å². The topological polar surface area (TPSA) is 67.2 Å². The molecule has 2 amide bonds. The summed E-state index contributed by atoms with van der Waals surface area (Å²) in [6.45, 7) is 9.14. The summed E-state index contributed by atoms with van der Waals surface area (Å²) in [6.07, 6.45) is 5.63. The van der Waals surface area contributed by atoms with Crippen molar-refractivity contribution in [3.8, 4) is 0 Å². The van der Waals surface area contributed by atoms with Crippen molar-refractivity contribution in [2.45, 2.75) is 78.4 Å². The zero-order chi connectivity index (χ0) is 21.8. The Morgan fingerprint density at radius 1 is 1.27 bits per heavy atom. The lowest BCUT2D eigenvalue weighted by atomic mass is 9.96. The minimum absolute atomic E-state index is 0.0730. The molecule has 1 heterocycles. The van der Waals surface area contributed by atoms with Gasteiger partial charge >= 0.3 is 6.03 Å². The lowest BCUT2D eigenvalue weighted by Crippen LogP contribution is -2.48. The van der Waals surface area contributed by atoms with Gasteiger partial charge in [-0.05, 0) is 50.8 Å². The van der Waals surface area contributed by atoms with Crippen LogP contribution in [0.25, 0.3) is 10.9 Å². The zero-order valence-corrected chi connectivity index (χ0v) is 19.2. The highest BCUT2D eigenvalue weighted by molar-refractivity contribution is 6.31. The van der Waals surface area contributed by atoms with Crippen molar-refractivity contribution >= 4 is 28.5 Å². The summed E-state index contributed by atoms with van der Waals surface area (Å²) in [6, 6.07) is 5.00. The number of urea groups is 1. The number of carbonyl (C=O) groups excluding carboxylic acids is 1. The highest BCUT2D eigenvalue weighted by Gasteiger charge is 2.28. The average Bonchev–Trinajstić information content (AvgIpc) is 2.72. The van der Waals surface area contributed by atoms with E-state index in [1.54, 1.807) is 22.8 Å². The molecule has 0 saturated heterocycles. The number of fused-ring (bicyclic) bond motifs is 1. The third-order valence-corrected chi connectivity index (χ3v) is 6.09. The summed E-state index contributed by atoms with van der Waals surface area (Å²) in [5, 5.41) is 4.24. The molecule has 1 aromatic heterocycles. The van der Waals surface area contributed by atoms with Crippen LogP contribution in [0.5, 0.6) is 0 Å². The van der Waals surface area contributed by atoms with E-state index in [4.69, 9.17) is 16.6 Å². The quantitative estimate of drug-likeness (QED) is 0.687. The second kappa shape index (κ2) is 9.82. The van der Waals surface area contributed by atoms with Gasteiger partial charge in [0, 0.05) is 24.2 Å². The second-order valence-corrected chi connectivity index (χ2v) is 9.12. The third kappa shape index (κ3) is 4.97. The first-order valence-electron chi connectivity index (χ1n) is 11.1. The predicted octanol–water partition coefficient (Wildman–Crippen LogP) is 5.13. The number of aromatic nitrogens is 2. The van der Waals surface area contributed by atoms with E-state index < -0.39 is 0 Å². The van der Waals surface area contributed by atoms with Crippen LogP contribution in [0, 0.1) is 5.92 Å². The van der Waals surface area contributed by atoms with E-state index in [1.165, 1.54) is 6.42 Å². The van der Waals surface area contributed by atoms with Crippen molar-refractivity contribution in [2.24, 2.45) is 5.92 Å². The highest BCUT2D eigenvalue weighted by Crippen LogP contribution is 2.24. The van der Waals surface area contributed by atoms with E-state index in [2.05, 4.69) is 19.2 Å². The molecule has 1 aromatic carbocycles. The molecule has 1 N–H and O–H groups in total. The largest absolute Gasteiger partial charge is 0.335 e. The van der Waals surface area contributed by atoms with E-state index in [-0.39, 0.29) is 23.7 Å². The first kappa shape index (κ1) is 22.6. The first-order valence-corrected chi connectivity index (χ1v) is 11.5. The van der Waals surface area contributed by atoms with Crippen molar-refractivity contribution < 1.29 is 4.79 Å². The molecular weight excluding hydrogens is 400 g/mol. The van der Waals surface area contributed by atoms with Gasteiger partial charge in [0.15, 0.2) is 0 Å². The van der Waals surface area contributed by atoms with Crippen LogP contribution >= 0.6 is 11.6 Å². The van der Waals surface area contributed by atoms with Gasteiger partial charge < -0.3 is 10.2 Å². The number of carbonyl (C=O) groups is 1. The molecule has 1 atom stereocenters. The molecule has 0 spiro atoms. The number of benzene rings is 1. The minimum Gasteiger partial charge on any atom is -0.335 e. The van der Waals surface area contributed by atoms with E-state index in [9.17, 15) is 9.59 Å². The van der Waals surface area contributed by atoms with Gasteiger partial charge in [0.1, 0.15) is 5.82 Å². The van der Waals surface area contributed by atoms with Crippen LogP contribution in [0.4, 0.5) is 4.79 Å². The zero-order valence-electron chi connectivity index (χ0n) is 18.4. The molecule has 164 valence electrons. The summed E-state index contributed by atoms with van der Waals surface area (Å²) in [4.78, 5) is 33.0. The standard InChI is InChI=1S/C23H33ClN4O2/c1-5-27-21(26-20-12-11-17(24)13-19(20)22(27)29)16(4)28(14-15(2)3)23(30)25-18-9-7-6-8-10-18/h11-13,15-16,18H,5-10,14H2,1-4H3,(H,25,30). The molecule has 0 aliphatic heterocycles. The predicted molar refractivity (Wildman–Crippen MR) is 122 cm³/mol. The van der Waals surface area contributed by atoms with Gasteiger partial charge in [0.25, 0.3) is 5.56 Å². The van der Waals surface area contributed by atoms with Crippen molar-refractivity contribution in [3.05, 3.63) is 39.4 Å². The number of halogens is 1. The molecular formula is C23H33ClN4O2. The van der Waals surface area contributed by atoms with Crippen LogP contribution in [0.1, 0.15) is 71.7 Å². The Kier molecular flexibility index (Phi) is 7.40. The fourth-order valence-electron chi connectivity index (χ4n) is 4.29. The highest BCUT2D eigenvalue weighted by atomic mass is 35.5. The molecule has 1 unspecified atom stereocenters. The SMILES string of the molecule is CCn1c(C(C)N(CC(C)C)C(=O)NC2CCCCC2)nc2ccc(Cl)cc2c1=O. The summed E-state index contributed by atoms with van der Waals surface area (Å²) in [5.74, 6) is 0.905. The Bertz CT molecular complexity index is 950. The Morgan fingerprint density at radius 2 is 1.97 bits per heavy atom. The molecule has 7 heteroatoms. The van der Waals surface area contributed by atoms with Gasteiger partial charge in [-0.25, -0.2) is 9.78 Å². The van der Waals surface area contributed by atoms with Crippen molar-refractivity contribution in [1.82, 2.24) is 19.8 Å². The molecule has 6 nitrogen and oxygen atoms in total. The van der Waals surface area contributed by atoms with Gasteiger partial charge in [-0.3, -0.25) is 9.36 Å². The normalized spacial score (nSPS) is 16.1. The summed E-state index contributed by atoms with van der Waals surface area (Å²) in [7, 11) is 0. The molecule has 1 aliphatic rings. The summed E-state index contributed by atoms with van der Waals surface area (Å²) in [5.41, 5.74) is 0.483. The van der Waals surface area contributed by atoms with Gasteiger partial charge in [0.05, 0.1) is 16.9 Å². The van der Waals surface area contributed by atoms with E-state index in [0.717, 1.165) is 25.7 Å². The van der Waals surface area contributed by atoms with Crippen molar-refractivity contribution in [3.63, 3.8) is 0 Å². The maximum Gasteiger partial charge on any atom is 0.318 e. The fraction of sp³-hybridized carbons (Fsp3) is 0.609. The minimum atomic E-state index is -0.330. The van der Waals surface area contributed by atoms with Crippen LogP contribution in [-0.4, -0.2) is 33.1 Å². The lowest BCUT2D eigenvalue weighted by molar-refractivity contribution is 0.159. The smallest absolute Gasteiger partial charge is 0.318 e. The van der Waals surface area contributed by atoms with Gasteiger partial charge in [-0.1, -0.05) is 44.7 Å². The summed E-state index contributed by atoms with van der Waals surface area (Å²) >= 11 is 6.09. The monoisotopic (exact) mass is 432 g/mol. The third-order valence-electron chi connectivity index (χ3n) is 5.86. The number of hydrogen-bond acceptors (Lipinski definition) is 3. The second-order valence-electron chi connectivity index (χ2n) is 8.69. The van der Waals surface area contributed by atoms with Gasteiger partial charge in [-0.15, -0.1) is 0 Å². The first-order chi connectivity index (χ1) is 14.3. The van der Waals surface area contributed by atoms with Gasteiger partial charge in [-0.2, -0.15) is 0 Å². The molecule has 2 aromatic rings. The van der Waals surface area contributed by atoms with Crippen LogP contribution in [-0.2, 0) is 6.54 Å². The van der Waals surface area contributed by atoms with E-state index in [0.29, 0.717) is 40.8 Å². The number of hydrogen-bond donors (Lipinski definition) is 1. The lowest BCUT2D eigenvalue weighted by Gasteiger charge is -2.34. The fourth-order valence-corrected chi connectivity index (χ4v) is 4.46. The van der Waals surface area contributed by atoms with Gasteiger partial charge in [0.2, 0.25) is 0 Å². The van der Waals surface area contributed by atoms with E-state index in [1.807, 2.05) is 18.7 Å². The Hall–Kier alpha value is -2.08. The number of nitrogens with zero attached hydrogens (tertiary/aromatic N) is 3. The molecule has 30 heavy (non-hydrogen) atoms.